The molecule has 0 bridgehead atoms. The fraction of sp³-hybridized carbons (Fsp3) is 0.211. The van der Waals surface area contributed by atoms with Crippen molar-refractivity contribution in [3.8, 4) is 16.9 Å². The summed E-state index contributed by atoms with van der Waals surface area (Å²) in [5.74, 6) is 0.595. The number of nitro benzene ring substituents is 1. The summed E-state index contributed by atoms with van der Waals surface area (Å²) in [5, 5.41) is 11.0. The molecule has 4 rings (SSSR count). The van der Waals surface area contributed by atoms with Gasteiger partial charge in [-0.3, -0.25) is 14.4 Å². The summed E-state index contributed by atoms with van der Waals surface area (Å²) in [6.45, 7) is 3.67. The molecule has 7 nitrogen and oxygen atoms in total. The molecule has 156 valence electrons. The number of methoxy groups -OCH3 is 1. The monoisotopic (exact) mass is 480 g/mol. The maximum atomic E-state index is 13.7. The molecule has 0 aliphatic carbocycles. The number of sulfonamides is 1. The smallest absolute Gasteiger partial charge is 0.269 e. The Morgan fingerprint density at radius 3 is 2.40 bits per heavy atom. The van der Waals surface area contributed by atoms with E-state index < -0.39 is 20.5 Å². The van der Waals surface area contributed by atoms with Gasteiger partial charge in [0.1, 0.15) is 9.57 Å². The highest BCUT2D eigenvalue weighted by molar-refractivity contribution is 7.93. The first kappa shape index (κ1) is 20.9. The number of ether oxygens (including phenoxy) is 1. The molecule has 2 heterocycles. The van der Waals surface area contributed by atoms with E-state index in [4.69, 9.17) is 17.0 Å². The topological polar surface area (TPSA) is 89.8 Å². The van der Waals surface area contributed by atoms with Gasteiger partial charge in [-0.05, 0) is 44.2 Å². The number of non-ortho nitro benzene ring substituents is 1. The normalized spacial score (nSPS) is 14.7. The minimum Gasteiger partial charge on any atom is -0.497 e. The third-order valence-corrected chi connectivity index (χ3v) is 10.3. The van der Waals surface area contributed by atoms with Crippen molar-refractivity contribution >= 4 is 54.3 Å². The molecule has 0 atom stereocenters. The van der Waals surface area contributed by atoms with Crippen LogP contribution in [0.1, 0.15) is 18.7 Å². The second-order valence-electron chi connectivity index (χ2n) is 7.12. The van der Waals surface area contributed by atoms with Gasteiger partial charge in [0, 0.05) is 23.3 Å². The van der Waals surface area contributed by atoms with Crippen molar-refractivity contribution in [2.24, 2.45) is 0 Å². The maximum absolute atomic E-state index is 13.7. The third kappa shape index (κ3) is 3.04. The first-order valence-electron chi connectivity index (χ1n) is 8.71. The third-order valence-electron chi connectivity index (χ3n) is 4.97. The van der Waals surface area contributed by atoms with Crippen LogP contribution in [0.4, 0.5) is 11.4 Å². The Morgan fingerprint density at radius 2 is 1.80 bits per heavy atom. The summed E-state index contributed by atoms with van der Waals surface area (Å²) in [5.41, 5.74) is 0.958. The van der Waals surface area contributed by atoms with Crippen LogP contribution in [-0.2, 0) is 15.6 Å². The number of hydrogen-bond donors (Lipinski definition) is 0. The van der Waals surface area contributed by atoms with Gasteiger partial charge in [-0.25, -0.2) is 8.42 Å². The highest BCUT2D eigenvalue weighted by Gasteiger charge is 2.46. The lowest BCUT2D eigenvalue weighted by molar-refractivity contribution is -0.384. The van der Waals surface area contributed by atoms with Gasteiger partial charge in [-0.2, -0.15) is 0 Å². The van der Waals surface area contributed by atoms with E-state index in [0.29, 0.717) is 20.8 Å². The summed E-state index contributed by atoms with van der Waals surface area (Å²) in [7, 11) is 0.407. The largest absolute Gasteiger partial charge is 0.497 e. The quantitative estimate of drug-likeness (QED) is 0.210. The molecular weight excluding hydrogens is 464 g/mol. The zero-order valence-electron chi connectivity index (χ0n) is 16.1. The standard InChI is InChI=1S/C19H16N2O5S4/c1-19(2)17-16(18(27)29-28-17)14-10-12(26-3)6-9-15(14)20(19)30(24,25)13-7-4-11(5-8-13)21(22)23/h4-10H,1-3H3. The highest BCUT2D eigenvalue weighted by Crippen LogP contribution is 2.54. The van der Waals surface area contributed by atoms with Gasteiger partial charge in [0.2, 0.25) is 0 Å². The zero-order chi connectivity index (χ0) is 21.8. The number of nitro groups is 1. The lowest BCUT2D eigenvalue weighted by Gasteiger charge is -2.43. The first-order chi connectivity index (χ1) is 14.1. The average molecular weight is 481 g/mol. The second kappa shape index (κ2) is 7.12. The van der Waals surface area contributed by atoms with Gasteiger partial charge in [-0.15, -0.1) is 0 Å². The van der Waals surface area contributed by atoms with Crippen LogP contribution in [0.2, 0.25) is 0 Å². The summed E-state index contributed by atoms with van der Waals surface area (Å²) in [4.78, 5) is 11.2. The van der Waals surface area contributed by atoms with E-state index in [1.54, 1.807) is 25.3 Å². The summed E-state index contributed by atoms with van der Waals surface area (Å²) in [6.07, 6.45) is 0. The predicted molar refractivity (Wildman–Crippen MR) is 121 cm³/mol. The van der Waals surface area contributed by atoms with Crippen LogP contribution in [0.5, 0.6) is 5.75 Å². The van der Waals surface area contributed by atoms with E-state index in [1.807, 2.05) is 13.8 Å². The maximum Gasteiger partial charge on any atom is 0.269 e. The number of hydrogen-bond acceptors (Lipinski definition) is 8. The average Bonchev–Trinajstić information content (AvgIpc) is 3.10. The molecule has 30 heavy (non-hydrogen) atoms. The van der Waals surface area contributed by atoms with Gasteiger partial charge >= 0.3 is 0 Å². The molecule has 1 aromatic heterocycles. The van der Waals surface area contributed by atoms with Crippen molar-refractivity contribution in [3.63, 3.8) is 0 Å². The van der Waals surface area contributed by atoms with E-state index in [9.17, 15) is 18.5 Å². The van der Waals surface area contributed by atoms with E-state index in [-0.39, 0.29) is 10.6 Å². The second-order valence-corrected chi connectivity index (χ2v) is 11.7. The number of fused-ring (bicyclic) bond motifs is 3. The van der Waals surface area contributed by atoms with E-state index >= 15 is 0 Å². The van der Waals surface area contributed by atoms with Crippen LogP contribution in [-0.4, -0.2) is 20.5 Å². The molecule has 1 aliphatic rings. The Morgan fingerprint density at radius 1 is 1.13 bits per heavy atom. The molecule has 0 N–H and O–H groups in total. The van der Waals surface area contributed by atoms with Gasteiger partial charge in [-0.1, -0.05) is 32.9 Å². The molecule has 0 fully saturated rings. The van der Waals surface area contributed by atoms with Gasteiger partial charge in [0.05, 0.1) is 33.0 Å². The molecule has 0 saturated heterocycles. The molecule has 0 amide bonds. The number of rotatable bonds is 4. The SMILES string of the molecule is COc1ccc2c(c1)-c1c(ssc1=S)C(C)(C)N2S(=O)(=O)c1ccc([N+](=O)[O-])cc1. The molecule has 2 aromatic carbocycles. The van der Waals surface area contributed by atoms with Crippen LogP contribution in [0.25, 0.3) is 11.1 Å². The van der Waals surface area contributed by atoms with E-state index in [1.165, 1.54) is 49.3 Å². The predicted octanol–water partition coefficient (Wildman–Crippen LogP) is 5.57. The van der Waals surface area contributed by atoms with Crippen molar-refractivity contribution in [2.75, 3.05) is 11.4 Å². The van der Waals surface area contributed by atoms with Crippen LogP contribution in [0.15, 0.2) is 47.4 Å². The molecule has 0 saturated carbocycles. The number of anilines is 1. The van der Waals surface area contributed by atoms with Crippen molar-refractivity contribution in [1.29, 1.82) is 0 Å². The molecule has 3 aromatic rings. The molecule has 0 radical (unpaired) electrons. The van der Waals surface area contributed by atoms with Crippen LogP contribution in [0.3, 0.4) is 0 Å². The van der Waals surface area contributed by atoms with Crippen molar-refractivity contribution in [1.82, 2.24) is 0 Å². The fourth-order valence-corrected chi connectivity index (χ4v) is 8.72. The highest BCUT2D eigenvalue weighted by atomic mass is 32.9. The Kier molecular flexibility index (Phi) is 4.96. The zero-order valence-corrected chi connectivity index (χ0v) is 19.4. The Balaban J connectivity index is 1.98. The van der Waals surface area contributed by atoms with Crippen LogP contribution < -0.4 is 9.04 Å². The molecule has 0 unspecified atom stereocenters. The Bertz CT molecular complexity index is 1320. The Labute approximate surface area is 185 Å². The summed E-state index contributed by atoms with van der Waals surface area (Å²) in [6, 6.07) is 10.1. The first-order valence-corrected chi connectivity index (χ1v) is 12.7. The Hall–Kier alpha value is -2.34. The lowest BCUT2D eigenvalue weighted by atomic mass is 9.90. The van der Waals surface area contributed by atoms with E-state index in [2.05, 4.69) is 0 Å². The lowest BCUT2D eigenvalue weighted by Crippen LogP contribution is -2.47. The fourth-order valence-electron chi connectivity index (χ4n) is 3.58. The van der Waals surface area contributed by atoms with Gasteiger partial charge in [0.25, 0.3) is 15.7 Å². The molecular formula is C19H16N2O5S4. The molecule has 0 spiro atoms. The minimum atomic E-state index is -4.03. The van der Waals surface area contributed by atoms with Crippen LogP contribution in [0, 0.1) is 13.9 Å². The van der Waals surface area contributed by atoms with Crippen molar-refractivity contribution in [3.05, 3.63) is 61.3 Å². The molecule has 11 heteroatoms. The molecule has 1 aliphatic heterocycles. The van der Waals surface area contributed by atoms with Crippen LogP contribution >= 0.6 is 32.9 Å². The van der Waals surface area contributed by atoms with Gasteiger partial charge < -0.3 is 4.74 Å². The summed E-state index contributed by atoms with van der Waals surface area (Å²) >= 11 is 5.55. The number of nitrogens with zero attached hydrogens (tertiary/aromatic N) is 2. The number of benzene rings is 2. The van der Waals surface area contributed by atoms with E-state index in [0.717, 1.165) is 10.4 Å². The van der Waals surface area contributed by atoms with Gasteiger partial charge in [0.15, 0.2) is 0 Å². The van der Waals surface area contributed by atoms with Crippen molar-refractivity contribution < 1.29 is 18.1 Å². The minimum absolute atomic E-state index is 0.0229. The summed E-state index contributed by atoms with van der Waals surface area (Å²) < 4.78 is 34.9. The van der Waals surface area contributed by atoms with Crippen molar-refractivity contribution in [2.45, 2.75) is 24.3 Å².